The highest BCUT2D eigenvalue weighted by Crippen LogP contribution is 2.33. The Morgan fingerprint density at radius 3 is 2.86 bits per heavy atom. The summed E-state index contributed by atoms with van der Waals surface area (Å²) in [6.45, 7) is 2.13. The minimum Gasteiger partial charge on any atom is -0.351 e. The van der Waals surface area contributed by atoms with Gasteiger partial charge >= 0.3 is 0 Å². The molecule has 118 valence electrons. The van der Waals surface area contributed by atoms with Crippen LogP contribution in [0.3, 0.4) is 0 Å². The van der Waals surface area contributed by atoms with Crippen LogP contribution in [0, 0.1) is 5.92 Å². The van der Waals surface area contributed by atoms with Crippen molar-refractivity contribution in [2.75, 3.05) is 24.5 Å². The highest BCUT2D eigenvalue weighted by atomic mass is 35.5. The Hall–Kier alpha value is -1.30. The number of rotatable bonds is 3. The van der Waals surface area contributed by atoms with E-state index in [1.807, 2.05) is 0 Å². The number of anilines is 1. The first-order chi connectivity index (χ1) is 10.6. The zero-order valence-corrected chi connectivity index (χ0v) is 13.5. The van der Waals surface area contributed by atoms with Crippen molar-refractivity contribution in [3.05, 3.63) is 28.2 Å². The van der Waals surface area contributed by atoms with Crippen molar-refractivity contribution in [2.24, 2.45) is 5.92 Å². The number of carbonyl (C=O) groups excluding carboxylic acids is 2. The van der Waals surface area contributed by atoms with Gasteiger partial charge in [-0.25, -0.2) is 0 Å². The summed E-state index contributed by atoms with van der Waals surface area (Å²) >= 11 is 12.1. The van der Waals surface area contributed by atoms with Crippen LogP contribution >= 0.6 is 23.2 Å². The van der Waals surface area contributed by atoms with E-state index in [0.29, 0.717) is 28.7 Å². The number of nitrogens with zero attached hydrogens (tertiary/aromatic N) is 1. The lowest BCUT2D eigenvalue weighted by Gasteiger charge is -2.19. The maximum Gasteiger partial charge on any atom is 0.239 e. The fourth-order valence-corrected chi connectivity index (χ4v) is 3.32. The standard InChI is InChI=1S/C15H17Cl2N3O2/c16-9-1-2-12(17)13(7-9)20-6-4-11(15(20)22)14(21)19-10-3-5-18-8-10/h1-2,7,10-11,18H,3-6,8H2,(H,19,21). The van der Waals surface area contributed by atoms with E-state index in [-0.39, 0.29) is 17.9 Å². The average Bonchev–Trinajstić information content (AvgIpc) is 3.11. The van der Waals surface area contributed by atoms with Gasteiger partial charge in [0.15, 0.2) is 0 Å². The van der Waals surface area contributed by atoms with Crippen molar-refractivity contribution in [3.8, 4) is 0 Å². The topological polar surface area (TPSA) is 61.4 Å². The number of hydrogen-bond acceptors (Lipinski definition) is 3. The van der Waals surface area contributed by atoms with Crippen LogP contribution in [-0.4, -0.2) is 37.5 Å². The molecule has 0 bridgehead atoms. The molecular formula is C15H17Cl2N3O2. The van der Waals surface area contributed by atoms with Crippen LogP contribution < -0.4 is 15.5 Å². The summed E-state index contributed by atoms with van der Waals surface area (Å²) in [5, 5.41) is 7.10. The number of amides is 2. The molecule has 7 heteroatoms. The molecule has 0 saturated carbocycles. The Balaban J connectivity index is 1.71. The van der Waals surface area contributed by atoms with Crippen LogP contribution in [0.25, 0.3) is 0 Å². The molecule has 3 rings (SSSR count). The smallest absolute Gasteiger partial charge is 0.239 e. The van der Waals surface area contributed by atoms with Crippen LogP contribution in [0.2, 0.25) is 10.0 Å². The fourth-order valence-electron chi connectivity index (χ4n) is 2.93. The van der Waals surface area contributed by atoms with Crippen molar-refractivity contribution in [1.29, 1.82) is 0 Å². The first kappa shape index (κ1) is 15.6. The Labute approximate surface area is 138 Å². The molecule has 5 nitrogen and oxygen atoms in total. The predicted octanol–water partition coefficient (Wildman–Crippen LogP) is 1.82. The average molecular weight is 342 g/mol. The van der Waals surface area contributed by atoms with Crippen molar-refractivity contribution >= 4 is 40.7 Å². The molecule has 1 aromatic carbocycles. The van der Waals surface area contributed by atoms with Crippen LogP contribution in [0.1, 0.15) is 12.8 Å². The Morgan fingerprint density at radius 2 is 2.14 bits per heavy atom. The first-order valence-corrected chi connectivity index (χ1v) is 8.09. The van der Waals surface area contributed by atoms with E-state index in [0.717, 1.165) is 19.5 Å². The minimum absolute atomic E-state index is 0.115. The van der Waals surface area contributed by atoms with Crippen molar-refractivity contribution in [2.45, 2.75) is 18.9 Å². The number of carbonyl (C=O) groups is 2. The highest BCUT2D eigenvalue weighted by Gasteiger charge is 2.39. The molecule has 0 spiro atoms. The lowest BCUT2D eigenvalue weighted by atomic mass is 10.1. The molecule has 2 unspecified atom stereocenters. The summed E-state index contributed by atoms with van der Waals surface area (Å²) < 4.78 is 0. The second kappa shape index (κ2) is 6.44. The number of benzene rings is 1. The Kier molecular flexibility index (Phi) is 4.57. The summed E-state index contributed by atoms with van der Waals surface area (Å²) in [6.07, 6.45) is 1.39. The molecule has 2 fully saturated rings. The molecule has 2 saturated heterocycles. The summed E-state index contributed by atoms with van der Waals surface area (Å²) in [5.41, 5.74) is 0.567. The zero-order valence-electron chi connectivity index (χ0n) is 11.9. The van der Waals surface area contributed by atoms with E-state index in [9.17, 15) is 9.59 Å². The van der Waals surface area contributed by atoms with Gasteiger partial charge in [0.1, 0.15) is 5.92 Å². The maximum absolute atomic E-state index is 12.5. The van der Waals surface area contributed by atoms with Crippen LogP contribution in [0.4, 0.5) is 5.69 Å². The third kappa shape index (κ3) is 3.07. The minimum atomic E-state index is -0.643. The van der Waals surface area contributed by atoms with Gasteiger partial charge in [-0.1, -0.05) is 23.2 Å². The molecule has 2 aliphatic heterocycles. The first-order valence-electron chi connectivity index (χ1n) is 7.34. The maximum atomic E-state index is 12.5. The van der Waals surface area contributed by atoms with E-state index in [2.05, 4.69) is 10.6 Å². The van der Waals surface area contributed by atoms with E-state index < -0.39 is 5.92 Å². The van der Waals surface area contributed by atoms with Gasteiger partial charge in [-0.3, -0.25) is 9.59 Å². The van der Waals surface area contributed by atoms with Gasteiger partial charge in [-0.2, -0.15) is 0 Å². The fraction of sp³-hybridized carbons (Fsp3) is 0.467. The molecular weight excluding hydrogens is 325 g/mol. The van der Waals surface area contributed by atoms with Crippen molar-refractivity contribution in [3.63, 3.8) is 0 Å². The lowest BCUT2D eigenvalue weighted by Crippen LogP contribution is -2.42. The normalized spacial score (nSPS) is 24.8. The van der Waals surface area contributed by atoms with Crippen molar-refractivity contribution in [1.82, 2.24) is 10.6 Å². The SMILES string of the molecule is O=C(NC1CCNC1)C1CCN(c2cc(Cl)ccc2Cl)C1=O. The molecule has 2 aliphatic rings. The summed E-state index contributed by atoms with van der Waals surface area (Å²) in [6, 6.07) is 5.10. The second-order valence-corrected chi connectivity index (χ2v) is 6.47. The molecule has 0 radical (unpaired) electrons. The summed E-state index contributed by atoms with van der Waals surface area (Å²) in [5.74, 6) is -1.05. The van der Waals surface area contributed by atoms with E-state index in [1.54, 1.807) is 23.1 Å². The molecule has 1 aromatic rings. The molecule has 2 heterocycles. The number of hydrogen-bond donors (Lipinski definition) is 2. The zero-order chi connectivity index (χ0) is 15.7. The number of halogens is 2. The van der Waals surface area contributed by atoms with Crippen LogP contribution in [0.15, 0.2) is 18.2 Å². The second-order valence-electron chi connectivity index (χ2n) is 5.63. The third-order valence-corrected chi connectivity index (χ3v) is 4.68. The summed E-state index contributed by atoms with van der Waals surface area (Å²) in [7, 11) is 0. The molecule has 2 N–H and O–H groups in total. The van der Waals surface area contributed by atoms with Crippen LogP contribution in [0.5, 0.6) is 0 Å². The molecule has 0 aliphatic carbocycles. The predicted molar refractivity (Wildman–Crippen MR) is 86.3 cm³/mol. The van der Waals surface area contributed by atoms with Crippen LogP contribution in [-0.2, 0) is 9.59 Å². The van der Waals surface area contributed by atoms with Crippen molar-refractivity contribution < 1.29 is 9.59 Å². The summed E-state index contributed by atoms with van der Waals surface area (Å²) in [4.78, 5) is 26.4. The Bertz CT molecular complexity index is 602. The molecule has 2 amide bonds. The monoisotopic (exact) mass is 341 g/mol. The Morgan fingerprint density at radius 1 is 1.32 bits per heavy atom. The molecule has 0 aromatic heterocycles. The van der Waals surface area contributed by atoms with Gasteiger partial charge < -0.3 is 15.5 Å². The van der Waals surface area contributed by atoms with Gasteiger partial charge in [-0.15, -0.1) is 0 Å². The van der Waals surface area contributed by atoms with E-state index >= 15 is 0 Å². The lowest BCUT2D eigenvalue weighted by molar-refractivity contribution is -0.132. The highest BCUT2D eigenvalue weighted by molar-refractivity contribution is 6.36. The van der Waals surface area contributed by atoms with Gasteiger partial charge in [0.05, 0.1) is 10.7 Å². The largest absolute Gasteiger partial charge is 0.351 e. The van der Waals surface area contributed by atoms with Gasteiger partial charge in [-0.05, 0) is 37.6 Å². The van der Waals surface area contributed by atoms with E-state index in [4.69, 9.17) is 23.2 Å². The number of nitrogens with one attached hydrogen (secondary N) is 2. The third-order valence-electron chi connectivity index (χ3n) is 4.13. The van der Waals surface area contributed by atoms with Gasteiger partial charge in [0.25, 0.3) is 0 Å². The quantitative estimate of drug-likeness (QED) is 0.824. The van der Waals surface area contributed by atoms with E-state index in [1.165, 1.54) is 0 Å². The molecule has 22 heavy (non-hydrogen) atoms. The van der Waals surface area contributed by atoms with Gasteiger partial charge in [0.2, 0.25) is 11.8 Å². The molecule has 2 atom stereocenters. The van der Waals surface area contributed by atoms with Gasteiger partial charge in [0, 0.05) is 24.2 Å².